The molecule has 0 bridgehead atoms. The summed E-state index contributed by atoms with van der Waals surface area (Å²) in [5.41, 5.74) is 2.10. The highest BCUT2D eigenvalue weighted by atomic mass is 16.5. The lowest BCUT2D eigenvalue weighted by Gasteiger charge is -2.08. The van der Waals surface area contributed by atoms with Gasteiger partial charge < -0.3 is 14.9 Å². The quantitative estimate of drug-likeness (QED) is 0.867. The molecule has 0 saturated carbocycles. The normalized spacial score (nSPS) is 12.1. The Morgan fingerprint density at radius 3 is 2.11 bits per heavy atom. The van der Waals surface area contributed by atoms with Crippen molar-refractivity contribution in [3.8, 4) is 11.5 Å². The first-order valence-electron chi connectivity index (χ1n) is 6.31. The molecule has 0 aliphatic heterocycles. The number of hydrogen-bond donors (Lipinski definition) is 2. The largest absolute Gasteiger partial charge is 0.508 e. The number of aliphatic hydroxyl groups is 1. The summed E-state index contributed by atoms with van der Waals surface area (Å²) in [6.07, 6.45) is 0.321. The second-order valence-electron chi connectivity index (χ2n) is 4.65. The van der Waals surface area contributed by atoms with E-state index in [4.69, 9.17) is 4.74 Å². The second kappa shape index (κ2) is 6.25. The van der Waals surface area contributed by atoms with Crippen molar-refractivity contribution in [1.29, 1.82) is 0 Å². The molecule has 100 valence electrons. The number of phenols is 1. The van der Waals surface area contributed by atoms with Crippen molar-refractivity contribution in [3.05, 3.63) is 59.7 Å². The molecule has 0 heterocycles. The molecule has 2 rings (SSSR count). The van der Waals surface area contributed by atoms with E-state index >= 15 is 0 Å². The Bertz CT molecular complexity index is 501. The molecule has 19 heavy (non-hydrogen) atoms. The van der Waals surface area contributed by atoms with E-state index in [0.717, 1.165) is 16.9 Å². The lowest BCUT2D eigenvalue weighted by atomic mass is 10.1. The third-order valence-corrected chi connectivity index (χ3v) is 2.80. The van der Waals surface area contributed by atoms with E-state index in [-0.39, 0.29) is 11.9 Å². The van der Waals surface area contributed by atoms with Crippen LogP contribution >= 0.6 is 0 Å². The molecule has 0 amide bonds. The number of phenolic OH excluding ortho intramolecular Hbond substituents is 1. The lowest BCUT2D eigenvalue weighted by Crippen LogP contribution is -2.03. The molecule has 2 aromatic rings. The molecule has 0 saturated heterocycles. The van der Waals surface area contributed by atoms with Crippen LogP contribution in [0.25, 0.3) is 0 Å². The Labute approximate surface area is 113 Å². The molecule has 3 heteroatoms. The summed E-state index contributed by atoms with van der Waals surface area (Å²) in [5.74, 6) is 1.05. The van der Waals surface area contributed by atoms with E-state index in [2.05, 4.69) is 0 Å². The SMILES string of the molecule is CC(O)Cc1ccc(OCc2ccc(O)cc2)cc1. The van der Waals surface area contributed by atoms with Gasteiger partial charge in [-0.15, -0.1) is 0 Å². The average molecular weight is 258 g/mol. The van der Waals surface area contributed by atoms with E-state index in [0.29, 0.717) is 13.0 Å². The van der Waals surface area contributed by atoms with Gasteiger partial charge in [0, 0.05) is 0 Å². The number of rotatable bonds is 5. The molecule has 0 aliphatic rings. The molecule has 0 fully saturated rings. The van der Waals surface area contributed by atoms with Crippen molar-refractivity contribution in [2.45, 2.75) is 26.1 Å². The van der Waals surface area contributed by atoms with Crippen LogP contribution in [0.1, 0.15) is 18.1 Å². The zero-order valence-corrected chi connectivity index (χ0v) is 10.9. The third-order valence-electron chi connectivity index (χ3n) is 2.80. The lowest BCUT2D eigenvalue weighted by molar-refractivity contribution is 0.195. The van der Waals surface area contributed by atoms with Gasteiger partial charge in [0.2, 0.25) is 0 Å². The first kappa shape index (κ1) is 13.4. The molecule has 2 N–H and O–H groups in total. The van der Waals surface area contributed by atoms with Gasteiger partial charge in [-0.3, -0.25) is 0 Å². The van der Waals surface area contributed by atoms with Gasteiger partial charge in [0.05, 0.1) is 6.10 Å². The minimum Gasteiger partial charge on any atom is -0.508 e. The highest BCUT2D eigenvalue weighted by Crippen LogP contribution is 2.16. The van der Waals surface area contributed by atoms with Crippen LogP contribution in [0, 0.1) is 0 Å². The predicted octanol–water partition coefficient (Wildman–Crippen LogP) is 2.89. The first-order valence-corrected chi connectivity index (χ1v) is 6.31. The standard InChI is InChI=1S/C16H18O3/c1-12(17)10-13-4-8-16(9-5-13)19-11-14-2-6-15(18)7-3-14/h2-9,12,17-18H,10-11H2,1H3. The molecule has 0 radical (unpaired) electrons. The Balaban J connectivity index is 1.91. The Morgan fingerprint density at radius 2 is 1.53 bits per heavy atom. The topological polar surface area (TPSA) is 49.7 Å². The summed E-state index contributed by atoms with van der Waals surface area (Å²) >= 11 is 0. The van der Waals surface area contributed by atoms with Crippen LogP contribution in [0.5, 0.6) is 11.5 Å². The maximum Gasteiger partial charge on any atom is 0.119 e. The van der Waals surface area contributed by atoms with Crippen LogP contribution < -0.4 is 4.74 Å². The van der Waals surface area contributed by atoms with Gasteiger partial charge in [-0.25, -0.2) is 0 Å². The van der Waals surface area contributed by atoms with E-state index in [1.54, 1.807) is 19.1 Å². The van der Waals surface area contributed by atoms with Crippen molar-refractivity contribution < 1.29 is 14.9 Å². The van der Waals surface area contributed by atoms with Crippen molar-refractivity contribution >= 4 is 0 Å². The molecule has 3 nitrogen and oxygen atoms in total. The smallest absolute Gasteiger partial charge is 0.119 e. The molecule has 1 atom stereocenters. The minimum atomic E-state index is -0.330. The summed E-state index contributed by atoms with van der Waals surface area (Å²) in [6, 6.07) is 14.7. The Hall–Kier alpha value is -2.00. The monoisotopic (exact) mass is 258 g/mol. The van der Waals surface area contributed by atoms with Gasteiger partial charge >= 0.3 is 0 Å². The van der Waals surface area contributed by atoms with Crippen LogP contribution in [0.3, 0.4) is 0 Å². The second-order valence-corrected chi connectivity index (χ2v) is 4.65. The fourth-order valence-electron chi connectivity index (χ4n) is 1.82. The van der Waals surface area contributed by atoms with Gasteiger partial charge in [0.15, 0.2) is 0 Å². The number of benzene rings is 2. The number of aromatic hydroxyl groups is 1. The zero-order chi connectivity index (χ0) is 13.7. The summed E-state index contributed by atoms with van der Waals surface area (Å²) in [5, 5.41) is 18.5. The van der Waals surface area contributed by atoms with Gasteiger partial charge in [0.25, 0.3) is 0 Å². The fourth-order valence-corrected chi connectivity index (χ4v) is 1.82. The highest BCUT2D eigenvalue weighted by molar-refractivity contribution is 5.29. The van der Waals surface area contributed by atoms with Gasteiger partial charge in [-0.1, -0.05) is 24.3 Å². The number of hydrogen-bond acceptors (Lipinski definition) is 3. The molecule has 0 spiro atoms. The van der Waals surface area contributed by atoms with Crippen molar-refractivity contribution in [3.63, 3.8) is 0 Å². The number of ether oxygens (including phenoxy) is 1. The zero-order valence-electron chi connectivity index (χ0n) is 10.9. The molecule has 0 aliphatic carbocycles. The molecule has 2 aromatic carbocycles. The molecular weight excluding hydrogens is 240 g/mol. The van der Waals surface area contributed by atoms with Crippen molar-refractivity contribution in [1.82, 2.24) is 0 Å². The average Bonchev–Trinajstić information content (AvgIpc) is 2.39. The van der Waals surface area contributed by atoms with Crippen LogP contribution in [-0.2, 0) is 13.0 Å². The van der Waals surface area contributed by atoms with Crippen molar-refractivity contribution in [2.24, 2.45) is 0 Å². The van der Waals surface area contributed by atoms with Crippen LogP contribution in [-0.4, -0.2) is 16.3 Å². The third kappa shape index (κ3) is 4.30. The van der Waals surface area contributed by atoms with E-state index in [9.17, 15) is 10.2 Å². The summed E-state index contributed by atoms with van der Waals surface area (Å²) in [7, 11) is 0. The fraction of sp³-hybridized carbons (Fsp3) is 0.250. The first-order chi connectivity index (χ1) is 9.13. The summed E-state index contributed by atoms with van der Waals surface area (Å²) in [6.45, 7) is 2.24. The Kier molecular flexibility index (Phi) is 4.42. The molecule has 0 aromatic heterocycles. The van der Waals surface area contributed by atoms with E-state index in [1.807, 2.05) is 36.4 Å². The summed E-state index contributed by atoms with van der Waals surface area (Å²) < 4.78 is 5.65. The summed E-state index contributed by atoms with van der Waals surface area (Å²) in [4.78, 5) is 0. The maximum absolute atomic E-state index is 9.30. The van der Waals surface area contributed by atoms with Gasteiger partial charge in [0.1, 0.15) is 18.1 Å². The minimum absolute atomic E-state index is 0.256. The maximum atomic E-state index is 9.30. The molecule has 1 unspecified atom stereocenters. The highest BCUT2D eigenvalue weighted by Gasteiger charge is 2.00. The van der Waals surface area contributed by atoms with Gasteiger partial charge in [-0.2, -0.15) is 0 Å². The van der Waals surface area contributed by atoms with E-state index < -0.39 is 0 Å². The number of aliphatic hydroxyl groups excluding tert-OH is 1. The van der Waals surface area contributed by atoms with Crippen LogP contribution in [0.15, 0.2) is 48.5 Å². The van der Waals surface area contributed by atoms with E-state index in [1.165, 1.54) is 0 Å². The van der Waals surface area contributed by atoms with Gasteiger partial charge in [-0.05, 0) is 48.7 Å². The predicted molar refractivity (Wildman–Crippen MR) is 74.3 cm³/mol. The van der Waals surface area contributed by atoms with Crippen LogP contribution in [0.2, 0.25) is 0 Å². The van der Waals surface area contributed by atoms with Crippen LogP contribution in [0.4, 0.5) is 0 Å². The Morgan fingerprint density at radius 1 is 0.947 bits per heavy atom. The van der Waals surface area contributed by atoms with Crippen molar-refractivity contribution in [2.75, 3.05) is 0 Å². The molecular formula is C16H18O3.